The van der Waals surface area contributed by atoms with Crippen molar-refractivity contribution in [1.29, 1.82) is 0 Å². The molecule has 5 heteroatoms. The van der Waals surface area contributed by atoms with Crippen molar-refractivity contribution in [2.45, 2.75) is 25.7 Å². The summed E-state index contributed by atoms with van der Waals surface area (Å²) in [4.78, 5) is 0.344. The molecule has 2 aromatic rings. The van der Waals surface area contributed by atoms with Gasteiger partial charge >= 0.3 is 0 Å². The first-order valence-corrected chi connectivity index (χ1v) is 8.87. The van der Waals surface area contributed by atoms with Gasteiger partial charge in [0.25, 0.3) is 10.0 Å². The molecule has 122 valence electrons. The number of hydrogen-bond donors (Lipinski definition) is 2. The third-order valence-corrected chi connectivity index (χ3v) is 5.15. The molecule has 0 amide bonds. The second kappa shape index (κ2) is 6.87. The standard InChI is InChI=1S/C18H22N2O2S/c1-5-10-19-16-6-8-17(9-7-16)20-23(21,22)18-14(3)11-13(2)12-15(18)4/h5-9,11-12,19-20H,1,10H2,2-4H3. The number of rotatable bonds is 6. The first kappa shape index (κ1) is 17.1. The molecule has 0 spiro atoms. The summed E-state index contributed by atoms with van der Waals surface area (Å²) in [6.45, 7) is 9.89. The van der Waals surface area contributed by atoms with Crippen molar-refractivity contribution in [3.63, 3.8) is 0 Å². The van der Waals surface area contributed by atoms with Crippen LogP contribution in [-0.2, 0) is 10.0 Å². The number of sulfonamides is 1. The second-order valence-electron chi connectivity index (χ2n) is 5.58. The van der Waals surface area contributed by atoms with Gasteiger partial charge in [-0.2, -0.15) is 0 Å². The molecule has 0 aliphatic carbocycles. The lowest BCUT2D eigenvalue weighted by molar-refractivity contribution is 0.600. The lowest BCUT2D eigenvalue weighted by Crippen LogP contribution is -2.16. The van der Waals surface area contributed by atoms with E-state index in [2.05, 4.69) is 16.6 Å². The molecule has 0 radical (unpaired) electrons. The van der Waals surface area contributed by atoms with Crippen molar-refractivity contribution in [3.05, 3.63) is 65.7 Å². The van der Waals surface area contributed by atoms with E-state index in [0.29, 0.717) is 17.1 Å². The highest BCUT2D eigenvalue weighted by molar-refractivity contribution is 7.92. The molecule has 0 aromatic heterocycles. The highest BCUT2D eigenvalue weighted by Gasteiger charge is 2.19. The van der Waals surface area contributed by atoms with E-state index in [1.54, 1.807) is 18.2 Å². The molecule has 2 aromatic carbocycles. The molecule has 0 saturated heterocycles. The van der Waals surface area contributed by atoms with Crippen LogP contribution in [0.1, 0.15) is 16.7 Å². The molecule has 0 unspecified atom stereocenters. The fourth-order valence-electron chi connectivity index (χ4n) is 2.64. The Bertz CT molecular complexity index is 786. The zero-order valence-electron chi connectivity index (χ0n) is 13.7. The Labute approximate surface area is 138 Å². The number of benzene rings is 2. The molecular formula is C18H22N2O2S. The van der Waals surface area contributed by atoms with E-state index in [1.165, 1.54) is 0 Å². The van der Waals surface area contributed by atoms with Crippen LogP contribution in [0, 0.1) is 20.8 Å². The summed E-state index contributed by atoms with van der Waals surface area (Å²) in [5, 5.41) is 3.15. The van der Waals surface area contributed by atoms with E-state index >= 15 is 0 Å². The Morgan fingerprint density at radius 3 is 2.04 bits per heavy atom. The first-order chi connectivity index (χ1) is 10.8. The molecule has 0 fully saturated rings. The van der Waals surface area contributed by atoms with Crippen LogP contribution in [0.5, 0.6) is 0 Å². The normalized spacial score (nSPS) is 11.1. The smallest absolute Gasteiger partial charge is 0.262 e. The summed E-state index contributed by atoms with van der Waals surface area (Å²) in [7, 11) is -3.61. The summed E-state index contributed by atoms with van der Waals surface area (Å²) >= 11 is 0. The van der Waals surface area contributed by atoms with Crippen molar-refractivity contribution in [1.82, 2.24) is 0 Å². The maximum absolute atomic E-state index is 12.7. The summed E-state index contributed by atoms with van der Waals surface area (Å²) in [6, 6.07) is 10.9. The fraction of sp³-hybridized carbons (Fsp3) is 0.222. The van der Waals surface area contributed by atoms with Gasteiger partial charge in [0.2, 0.25) is 0 Å². The zero-order valence-corrected chi connectivity index (χ0v) is 14.5. The van der Waals surface area contributed by atoms with Crippen LogP contribution < -0.4 is 10.0 Å². The molecule has 4 nitrogen and oxygen atoms in total. The van der Waals surface area contributed by atoms with E-state index in [4.69, 9.17) is 0 Å². The largest absolute Gasteiger partial charge is 0.382 e. The molecule has 0 aliphatic rings. The lowest BCUT2D eigenvalue weighted by atomic mass is 10.1. The van der Waals surface area contributed by atoms with Crippen LogP contribution in [0.4, 0.5) is 11.4 Å². The van der Waals surface area contributed by atoms with Gasteiger partial charge < -0.3 is 5.32 Å². The SMILES string of the molecule is C=CCNc1ccc(NS(=O)(=O)c2c(C)cc(C)cc2C)cc1. The number of anilines is 2. The Hall–Kier alpha value is -2.27. The van der Waals surface area contributed by atoms with E-state index in [0.717, 1.165) is 22.4 Å². The summed E-state index contributed by atoms with van der Waals surface area (Å²) in [6.07, 6.45) is 1.76. The van der Waals surface area contributed by atoms with Gasteiger partial charge in [-0.25, -0.2) is 8.42 Å². The molecule has 23 heavy (non-hydrogen) atoms. The van der Waals surface area contributed by atoms with Crippen molar-refractivity contribution >= 4 is 21.4 Å². The Morgan fingerprint density at radius 2 is 1.52 bits per heavy atom. The van der Waals surface area contributed by atoms with E-state index in [9.17, 15) is 8.42 Å². The Balaban J connectivity index is 2.26. The first-order valence-electron chi connectivity index (χ1n) is 7.39. The Morgan fingerprint density at radius 1 is 1.00 bits per heavy atom. The number of nitrogens with one attached hydrogen (secondary N) is 2. The van der Waals surface area contributed by atoms with Gasteiger partial charge in [-0.3, -0.25) is 4.72 Å². The topological polar surface area (TPSA) is 58.2 Å². The third kappa shape index (κ3) is 4.13. The number of aryl methyl sites for hydroxylation is 3. The lowest BCUT2D eigenvalue weighted by Gasteiger charge is -2.14. The fourth-order valence-corrected chi connectivity index (χ4v) is 4.16. The summed E-state index contributed by atoms with van der Waals surface area (Å²) in [5.41, 5.74) is 4.00. The highest BCUT2D eigenvalue weighted by atomic mass is 32.2. The van der Waals surface area contributed by atoms with Crippen LogP contribution in [0.15, 0.2) is 53.9 Å². The maximum Gasteiger partial charge on any atom is 0.262 e. The quantitative estimate of drug-likeness (QED) is 0.787. The zero-order chi connectivity index (χ0) is 17.0. The molecule has 0 heterocycles. The molecular weight excluding hydrogens is 308 g/mol. The highest BCUT2D eigenvalue weighted by Crippen LogP contribution is 2.24. The maximum atomic E-state index is 12.7. The van der Waals surface area contributed by atoms with Crippen LogP contribution in [0.3, 0.4) is 0 Å². The predicted octanol–water partition coefficient (Wildman–Crippen LogP) is 4.01. The summed E-state index contributed by atoms with van der Waals surface area (Å²) in [5.74, 6) is 0. The van der Waals surface area contributed by atoms with Gasteiger partial charge in [0, 0.05) is 17.9 Å². The average molecular weight is 330 g/mol. The molecule has 2 rings (SSSR count). The second-order valence-corrected chi connectivity index (χ2v) is 7.20. The average Bonchev–Trinajstić information content (AvgIpc) is 2.44. The van der Waals surface area contributed by atoms with E-state index in [-0.39, 0.29) is 0 Å². The van der Waals surface area contributed by atoms with Crippen molar-refractivity contribution in [3.8, 4) is 0 Å². The molecule has 0 saturated carbocycles. The van der Waals surface area contributed by atoms with Gasteiger partial charge in [-0.15, -0.1) is 6.58 Å². The van der Waals surface area contributed by atoms with Gasteiger partial charge in [-0.05, 0) is 56.2 Å². The Kier molecular flexibility index (Phi) is 5.11. The monoisotopic (exact) mass is 330 g/mol. The van der Waals surface area contributed by atoms with Crippen LogP contribution in [0.25, 0.3) is 0 Å². The van der Waals surface area contributed by atoms with Gasteiger partial charge in [0.05, 0.1) is 4.90 Å². The van der Waals surface area contributed by atoms with Gasteiger partial charge in [0.15, 0.2) is 0 Å². The predicted molar refractivity (Wildman–Crippen MR) is 96.6 cm³/mol. The molecule has 0 atom stereocenters. The minimum Gasteiger partial charge on any atom is -0.382 e. The van der Waals surface area contributed by atoms with E-state index in [1.807, 2.05) is 45.0 Å². The minimum atomic E-state index is -3.61. The van der Waals surface area contributed by atoms with E-state index < -0.39 is 10.0 Å². The molecule has 0 aliphatic heterocycles. The summed E-state index contributed by atoms with van der Waals surface area (Å²) < 4.78 is 28.0. The third-order valence-electron chi connectivity index (χ3n) is 3.46. The van der Waals surface area contributed by atoms with Crippen LogP contribution in [0.2, 0.25) is 0 Å². The van der Waals surface area contributed by atoms with Crippen molar-refractivity contribution in [2.24, 2.45) is 0 Å². The van der Waals surface area contributed by atoms with Gasteiger partial charge in [0.1, 0.15) is 0 Å². The molecule has 0 bridgehead atoms. The van der Waals surface area contributed by atoms with Crippen molar-refractivity contribution < 1.29 is 8.42 Å². The van der Waals surface area contributed by atoms with Crippen molar-refractivity contribution in [2.75, 3.05) is 16.6 Å². The molecule has 2 N–H and O–H groups in total. The minimum absolute atomic E-state index is 0.344. The number of hydrogen-bond acceptors (Lipinski definition) is 3. The van der Waals surface area contributed by atoms with Crippen LogP contribution in [-0.4, -0.2) is 15.0 Å². The van der Waals surface area contributed by atoms with Crippen LogP contribution >= 0.6 is 0 Å². The van der Waals surface area contributed by atoms with Gasteiger partial charge in [-0.1, -0.05) is 23.8 Å².